The predicted octanol–water partition coefficient (Wildman–Crippen LogP) is 1.51. The van der Waals surface area contributed by atoms with Gasteiger partial charge in [0.2, 0.25) is 0 Å². The Labute approximate surface area is 143 Å². The Morgan fingerprint density at radius 2 is 1.88 bits per heavy atom. The van der Waals surface area contributed by atoms with Gasteiger partial charge in [-0.25, -0.2) is 4.79 Å². The zero-order valence-electron chi connectivity index (χ0n) is 13.6. The lowest BCUT2D eigenvalue weighted by Crippen LogP contribution is -2.11. The van der Waals surface area contributed by atoms with E-state index in [1.54, 1.807) is 6.92 Å². The topological polar surface area (TPSA) is 124 Å². The summed E-state index contributed by atoms with van der Waals surface area (Å²) in [5.74, 6) is -0.325. The van der Waals surface area contributed by atoms with Gasteiger partial charge in [-0.05, 0) is 25.1 Å². The molecular weight excluding hydrogens is 328 g/mol. The maximum absolute atomic E-state index is 12.0. The fraction of sp³-hybridized carbons (Fsp3) is 0.389. The van der Waals surface area contributed by atoms with Crippen LogP contribution in [0.5, 0.6) is 11.5 Å². The van der Waals surface area contributed by atoms with Gasteiger partial charge in [-0.2, -0.15) is 0 Å². The van der Waals surface area contributed by atoms with E-state index in [0.29, 0.717) is 18.2 Å². The highest BCUT2D eigenvalue weighted by atomic mass is 16.6. The Balaban J connectivity index is 1.70. The molecule has 7 nitrogen and oxygen atoms in total. The monoisotopic (exact) mass is 348 g/mol. The molecule has 7 heteroatoms. The van der Waals surface area contributed by atoms with Gasteiger partial charge in [0, 0.05) is 24.3 Å². The molecule has 2 aromatic rings. The molecule has 0 amide bonds. The highest BCUT2D eigenvalue weighted by Gasteiger charge is 2.39. The van der Waals surface area contributed by atoms with Crippen molar-refractivity contribution in [3.05, 3.63) is 40.5 Å². The summed E-state index contributed by atoms with van der Waals surface area (Å²) in [6.07, 6.45) is 2.50. The summed E-state index contributed by atoms with van der Waals surface area (Å²) in [6, 6.07) is 3.90. The number of phenolic OH excluding ortho intramolecular Hbond substituents is 2. The summed E-state index contributed by atoms with van der Waals surface area (Å²) in [5, 5.41) is 38.9. The van der Waals surface area contributed by atoms with Crippen LogP contribution in [0.15, 0.2) is 33.5 Å². The lowest BCUT2D eigenvalue weighted by atomic mass is 10.1. The van der Waals surface area contributed by atoms with Gasteiger partial charge < -0.3 is 29.6 Å². The molecule has 1 aromatic heterocycles. The van der Waals surface area contributed by atoms with E-state index in [2.05, 4.69) is 0 Å². The zero-order valence-corrected chi connectivity index (χ0v) is 13.6. The molecule has 0 spiro atoms. The third-order valence-electron chi connectivity index (χ3n) is 4.06. The van der Waals surface area contributed by atoms with Crippen LogP contribution in [0, 0.1) is 0 Å². The molecule has 1 aromatic carbocycles. The minimum atomic E-state index is -0.789. The van der Waals surface area contributed by atoms with Gasteiger partial charge in [0.05, 0.1) is 24.4 Å². The molecule has 4 atom stereocenters. The van der Waals surface area contributed by atoms with E-state index in [1.807, 2.05) is 0 Å². The molecule has 0 radical (unpaired) electrons. The van der Waals surface area contributed by atoms with E-state index >= 15 is 0 Å². The Morgan fingerprint density at radius 1 is 1.16 bits per heavy atom. The lowest BCUT2D eigenvalue weighted by Gasteiger charge is -2.04. The number of epoxide rings is 1. The predicted molar refractivity (Wildman–Crippen MR) is 90.4 cm³/mol. The molecule has 1 aliphatic heterocycles. The van der Waals surface area contributed by atoms with Gasteiger partial charge in [0.1, 0.15) is 22.6 Å². The highest BCUT2D eigenvalue weighted by Crippen LogP contribution is 2.31. The van der Waals surface area contributed by atoms with E-state index in [0.717, 1.165) is 6.07 Å². The first-order valence-corrected chi connectivity index (χ1v) is 8.03. The van der Waals surface area contributed by atoms with Crippen molar-refractivity contribution in [1.82, 2.24) is 0 Å². The fourth-order valence-electron chi connectivity index (χ4n) is 2.84. The number of hydrogen-bond donors (Lipinski definition) is 4. The number of hydrogen-bond acceptors (Lipinski definition) is 7. The van der Waals surface area contributed by atoms with Crippen molar-refractivity contribution in [2.45, 2.75) is 44.2 Å². The smallest absolute Gasteiger partial charge is 0.347 e. The summed E-state index contributed by atoms with van der Waals surface area (Å²) in [5.41, 5.74) is -0.730. The normalized spacial score (nSPS) is 22.4. The minimum absolute atomic E-state index is 0.0113. The van der Waals surface area contributed by atoms with Crippen LogP contribution in [-0.2, 0) is 4.74 Å². The number of aliphatic hydroxyl groups is 2. The van der Waals surface area contributed by atoms with Crippen molar-refractivity contribution < 1.29 is 29.6 Å². The first-order chi connectivity index (χ1) is 11.8. The second-order valence-electron chi connectivity index (χ2n) is 6.33. The molecule has 0 saturated carbocycles. The molecule has 0 bridgehead atoms. The SMILES string of the molecule is C[C@H](O)C[C@H]1O[C@@H]1C[C@H](O)/C=C/c1cc2cc(O)cc(O)c2c(=O)o1. The maximum atomic E-state index is 12.0. The number of aliphatic hydroxyl groups excluding tert-OH is 2. The molecule has 4 N–H and O–H groups in total. The van der Waals surface area contributed by atoms with Crippen molar-refractivity contribution >= 4 is 16.8 Å². The standard InChI is InChI=1S/C18H20O7/c1-9(19)4-15-16(25-15)8-11(20)2-3-13-6-10-5-12(21)7-14(22)17(10)18(23)24-13/h2-3,5-7,9,11,15-16,19-22H,4,8H2,1H3/b3-2+/t9-,11+,15+,16+/m0/s1. The number of rotatable bonds is 6. The molecule has 134 valence electrons. The maximum Gasteiger partial charge on any atom is 0.347 e. The van der Waals surface area contributed by atoms with Gasteiger partial charge >= 0.3 is 5.63 Å². The highest BCUT2D eigenvalue weighted by molar-refractivity contribution is 5.89. The quantitative estimate of drug-likeness (QED) is 0.583. The molecule has 3 rings (SSSR count). The first-order valence-electron chi connectivity index (χ1n) is 8.03. The third kappa shape index (κ3) is 4.19. The van der Waals surface area contributed by atoms with E-state index in [1.165, 1.54) is 24.3 Å². The minimum Gasteiger partial charge on any atom is -0.508 e. The summed E-state index contributed by atoms with van der Waals surface area (Å²) >= 11 is 0. The third-order valence-corrected chi connectivity index (χ3v) is 4.06. The number of benzene rings is 1. The van der Waals surface area contributed by atoms with Crippen LogP contribution < -0.4 is 5.63 Å². The van der Waals surface area contributed by atoms with E-state index in [-0.39, 0.29) is 34.9 Å². The molecule has 1 aliphatic rings. The van der Waals surface area contributed by atoms with Crippen LogP contribution in [0.1, 0.15) is 25.5 Å². The Bertz CT molecular complexity index is 852. The van der Waals surface area contributed by atoms with E-state index in [4.69, 9.17) is 9.15 Å². The van der Waals surface area contributed by atoms with Gasteiger partial charge in [0.25, 0.3) is 0 Å². The van der Waals surface area contributed by atoms with Gasteiger partial charge in [0.15, 0.2) is 0 Å². The summed E-state index contributed by atoms with van der Waals surface area (Å²) in [7, 11) is 0. The van der Waals surface area contributed by atoms with Gasteiger partial charge in [-0.15, -0.1) is 0 Å². The van der Waals surface area contributed by atoms with E-state index in [9.17, 15) is 25.2 Å². The number of aromatic hydroxyl groups is 2. The van der Waals surface area contributed by atoms with Gasteiger partial charge in [-0.1, -0.05) is 6.08 Å². The van der Waals surface area contributed by atoms with Crippen LogP contribution in [0.4, 0.5) is 0 Å². The van der Waals surface area contributed by atoms with Crippen molar-refractivity contribution in [2.24, 2.45) is 0 Å². The number of ether oxygens (including phenoxy) is 1. The van der Waals surface area contributed by atoms with Gasteiger partial charge in [-0.3, -0.25) is 0 Å². The van der Waals surface area contributed by atoms with Crippen molar-refractivity contribution in [2.75, 3.05) is 0 Å². The van der Waals surface area contributed by atoms with Crippen LogP contribution in [0.25, 0.3) is 16.8 Å². The number of phenols is 2. The van der Waals surface area contributed by atoms with Crippen LogP contribution in [0.2, 0.25) is 0 Å². The van der Waals surface area contributed by atoms with Crippen molar-refractivity contribution in [3.63, 3.8) is 0 Å². The second-order valence-corrected chi connectivity index (χ2v) is 6.33. The molecule has 25 heavy (non-hydrogen) atoms. The van der Waals surface area contributed by atoms with Crippen LogP contribution >= 0.6 is 0 Å². The molecule has 2 heterocycles. The molecule has 1 fully saturated rings. The van der Waals surface area contributed by atoms with Crippen LogP contribution in [0.3, 0.4) is 0 Å². The summed E-state index contributed by atoms with van der Waals surface area (Å²) in [6.45, 7) is 1.69. The molecule has 0 unspecified atom stereocenters. The molecule has 1 saturated heterocycles. The second kappa shape index (κ2) is 6.87. The number of fused-ring (bicyclic) bond motifs is 1. The Kier molecular flexibility index (Phi) is 4.80. The fourth-order valence-corrected chi connectivity index (χ4v) is 2.84. The average molecular weight is 348 g/mol. The van der Waals surface area contributed by atoms with Crippen molar-refractivity contribution in [3.8, 4) is 11.5 Å². The summed E-state index contributed by atoms with van der Waals surface area (Å²) in [4.78, 5) is 12.0. The lowest BCUT2D eigenvalue weighted by molar-refractivity contribution is 0.170. The van der Waals surface area contributed by atoms with Crippen molar-refractivity contribution in [1.29, 1.82) is 0 Å². The average Bonchev–Trinajstić information content (AvgIpc) is 3.20. The Morgan fingerprint density at radius 3 is 2.60 bits per heavy atom. The zero-order chi connectivity index (χ0) is 18.1. The van der Waals surface area contributed by atoms with E-state index < -0.39 is 17.8 Å². The van der Waals surface area contributed by atoms with Crippen LogP contribution in [-0.4, -0.2) is 44.8 Å². The largest absolute Gasteiger partial charge is 0.508 e. The first kappa shape index (κ1) is 17.5. The molecule has 0 aliphatic carbocycles. The Hall–Kier alpha value is -2.35. The molecular formula is C18H20O7. The summed E-state index contributed by atoms with van der Waals surface area (Å²) < 4.78 is 10.5.